The lowest BCUT2D eigenvalue weighted by Crippen LogP contribution is -2.45. The van der Waals surface area contributed by atoms with Crippen LogP contribution in [0.3, 0.4) is 0 Å². The monoisotopic (exact) mass is 328 g/mol. The van der Waals surface area contributed by atoms with Gasteiger partial charge in [0.25, 0.3) is 5.91 Å². The zero-order valence-corrected chi connectivity index (χ0v) is 15.5. The standard InChI is InChI=1S/C16H28N2O3S/c1-11(2)8-9-22(20)16(6,7)14(19)17-13-10-12(18-21-13)15(3,4)5/h10-11H,8-9H2,1-7H3,(H,17,19). The highest BCUT2D eigenvalue weighted by atomic mass is 32.2. The average molecular weight is 328 g/mol. The second-order valence-electron chi connectivity index (χ2n) is 7.52. The number of rotatable bonds is 6. The molecule has 1 rings (SSSR count). The average Bonchev–Trinajstić information content (AvgIpc) is 2.83. The lowest BCUT2D eigenvalue weighted by molar-refractivity contribution is -0.118. The van der Waals surface area contributed by atoms with E-state index in [9.17, 15) is 9.35 Å². The highest BCUT2D eigenvalue weighted by Crippen LogP contribution is 2.26. The van der Waals surface area contributed by atoms with Crippen LogP contribution in [0.4, 0.5) is 5.88 Å². The van der Waals surface area contributed by atoms with Gasteiger partial charge in [-0.25, -0.2) is 0 Å². The maximum absolute atomic E-state index is 12.4. The molecule has 0 aliphatic heterocycles. The Morgan fingerprint density at radius 2 is 1.95 bits per heavy atom. The normalized spacial score (nSPS) is 14.2. The number of hydrogen-bond donors (Lipinski definition) is 1. The van der Waals surface area contributed by atoms with Gasteiger partial charge in [0.1, 0.15) is 5.75 Å². The fourth-order valence-corrected chi connectivity index (χ4v) is 3.10. The molecule has 1 amide bonds. The van der Waals surface area contributed by atoms with Crippen LogP contribution >= 0.6 is 0 Å². The predicted molar refractivity (Wildman–Crippen MR) is 90.4 cm³/mol. The van der Waals surface area contributed by atoms with Crippen molar-refractivity contribution in [1.29, 1.82) is 0 Å². The molecule has 126 valence electrons. The number of anilines is 1. The molecule has 5 nitrogen and oxygen atoms in total. The summed E-state index contributed by atoms with van der Waals surface area (Å²) < 4.78 is 16.6. The van der Waals surface area contributed by atoms with Gasteiger partial charge in [-0.15, -0.1) is 0 Å². The Morgan fingerprint density at radius 1 is 1.36 bits per heavy atom. The molecule has 6 heteroatoms. The number of carbonyl (C=O) groups is 1. The fourth-order valence-electron chi connectivity index (χ4n) is 1.65. The number of amides is 1. The van der Waals surface area contributed by atoms with E-state index in [-0.39, 0.29) is 11.3 Å². The minimum absolute atomic E-state index is 0.151. The number of nitrogens with one attached hydrogen (secondary N) is 1. The summed E-state index contributed by atoms with van der Waals surface area (Å²) in [5.41, 5.74) is 0.615. The first kappa shape index (κ1) is 19.0. The number of aromatic nitrogens is 1. The number of hydrogen-bond acceptors (Lipinski definition) is 4. The summed E-state index contributed by atoms with van der Waals surface area (Å²) in [5.74, 6) is 0.961. The zero-order chi connectivity index (χ0) is 17.1. The number of carbonyl (C=O) groups excluding carboxylic acids is 1. The Hall–Kier alpha value is -1.01. The third kappa shape index (κ3) is 5.02. The van der Waals surface area contributed by atoms with Gasteiger partial charge in [0.2, 0.25) is 5.88 Å². The van der Waals surface area contributed by atoms with Gasteiger partial charge in [-0.2, -0.15) is 0 Å². The van der Waals surface area contributed by atoms with Crippen molar-refractivity contribution in [2.24, 2.45) is 5.92 Å². The van der Waals surface area contributed by atoms with Crippen molar-refractivity contribution >= 4 is 23.0 Å². The summed E-state index contributed by atoms with van der Waals surface area (Å²) >= 11 is -1.24. The van der Waals surface area contributed by atoms with Gasteiger partial charge < -0.3 is 9.08 Å². The summed E-state index contributed by atoms with van der Waals surface area (Å²) in [6.07, 6.45) is 0.833. The molecule has 1 aromatic heterocycles. The van der Waals surface area contributed by atoms with Crippen LogP contribution in [0, 0.1) is 5.92 Å². The summed E-state index contributed by atoms with van der Waals surface area (Å²) in [7, 11) is 0. The largest absolute Gasteiger partial charge is 0.616 e. The molecule has 0 bridgehead atoms. The molecule has 0 radical (unpaired) electrons. The molecule has 1 N–H and O–H groups in total. The first-order valence-electron chi connectivity index (χ1n) is 7.61. The van der Waals surface area contributed by atoms with Gasteiger partial charge in [-0.3, -0.25) is 10.1 Å². The van der Waals surface area contributed by atoms with Crippen LogP contribution in [-0.2, 0) is 21.4 Å². The van der Waals surface area contributed by atoms with Crippen LogP contribution in [0.15, 0.2) is 10.6 Å². The van der Waals surface area contributed by atoms with Gasteiger partial charge in [-0.05, 0) is 37.4 Å². The minimum Gasteiger partial charge on any atom is -0.616 e. The van der Waals surface area contributed by atoms with Gasteiger partial charge in [0.05, 0.1) is 5.69 Å². The van der Waals surface area contributed by atoms with E-state index in [1.165, 1.54) is 0 Å². The molecule has 1 atom stereocenters. The zero-order valence-electron chi connectivity index (χ0n) is 14.6. The maximum atomic E-state index is 12.4. The third-order valence-electron chi connectivity index (χ3n) is 3.51. The SMILES string of the molecule is CC(C)CC[S+]([O-])C(C)(C)C(=O)Nc1cc(C(C)(C)C)no1. The summed E-state index contributed by atoms with van der Waals surface area (Å²) in [6, 6.07) is 1.71. The van der Waals surface area contributed by atoms with Crippen LogP contribution in [0.25, 0.3) is 0 Å². The lowest BCUT2D eigenvalue weighted by atomic mass is 9.92. The minimum atomic E-state index is -1.24. The molecule has 22 heavy (non-hydrogen) atoms. The van der Waals surface area contributed by atoms with Crippen molar-refractivity contribution < 1.29 is 13.9 Å². The Morgan fingerprint density at radius 3 is 2.41 bits per heavy atom. The Bertz CT molecular complexity index is 504. The van der Waals surface area contributed by atoms with Gasteiger partial charge >= 0.3 is 0 Å². The maximum Gasteiger partial charge on any atom is 0.282 e. The highest BCUT2D eigenvalue weighted by molar-refractivity contribution is 7.93. The highest BCUT2D eigenvalue weighted by Gasteiger charge is 2.40. The molecule has 0 aliphatic carbocycles. The van der Waals surface area contributed by atoms with Crippen molar-refractivity contribution in [3.8, 4) is 0 Å². The molecule has 0 aliphatic rings. The third-order valence-corrected chi connectivity index (χ3v) is 5.44. The van der Waals surface area contributed by atoms with E-state index in [1.807, 2.05) is 20.8 Å². The Kier molecular flexibility index (Phi) is 6.10. The van der Waals surface area contributed by atoms with Crippen molar-refractivity contribution in [2.45, 2.75) is 65.0 Å². The smallest absolute Gasteiger partial charge is 0.282 e. The van der Waals surface area contributed by atoms with Crippen LogP contribution in [-0.4, -0.2) is 26.1 Å². The molecule has 1 unspecified atom stereocenters. The topological polar surface area (TPSA) is 78.2 Å². The second-order valence-corrected chi connectivity index (χ2v) is 9.64. The van der Waals surface area contributed by atoms with Crippen LogP contribution in [0.1, 0.15) is 60.6 Å². The first-order chi connectivity index (χ1) is 9.94. The van der Waals surface area contributed by atoms with Gasteiger partial charge in [0, 0.05) is 11.5 Å². The molecule has 0 aromatic carbocycles. The summed E-state index contributed by atoms with van der Waals surface area (Å²) in [5, 5.41) is 6.64. The summed E-state index contributed by atoms with van der Waals surface area (Å²) in [6.45, 7) is 13.6. The van der Waals surface area contributed by atoms with Crippen LogP contribution in [0.5, 0.6) is 0 Å². The second kappa shape index (κ2) is 7.04. The van der Waals surface area contributed by atoms with E-state index in [0.717, 1.165) is 12.1 Å². The van der Waals surface area contributed by atoms with Crippen molar-refractivity contribution in [3.05, 3.63) is 11.8 Å². The Balaban J connectivity index is 2.72. The van der Waals surface area contributed by atoms with E-state index in [4.69, 9.17) is 4.52 Å². The molecular weight excluding hydrogens is 300 g/mol. The molecule has 0 saturated heterocycles. The van der Waals surface area contributed by atoms with Crippen molar-refractivity contribution in [2.75, 3.05) is 11.1 Å². The van der Waals surface area contributed by atoms with Crippen molar-refractivity contribution in [1.82, 2.24) is 5.16 Å². The fraction of sp³-hybridized carbons (Fsp3) is 0.750. The predicted octanol–water partition coefficient (Wildman–Crippen LogP) is 3.48. The van der Waals surface area contributed by atoms with Crippen LogP contribution < -0.4 is 5.32 Å². The molecular formula is C16H28N2O3S. The number of nitrogens with zero attached hydrogens (tertiary/aromatic N) is 1. The summed E-state index contributed by atoms with van der Waals surface area (Å²) in [4.78, 5) is 12.4. The van der Waals surface area contributed by atoms with Crippen molar-refractivity contribution in [3.63, 3.8) is 0 Å². The van der Waals surface area contributed by atoms with E-state index in [1.54, 1.807) is 19.9 Å². The molecule has 1 aromatic rings. The van der Waals surface area contributed by atoms with Gasteiger partial charge in [0.15, 0.2) is 4.75 Å². The molecule has 0 spiro atoms. The molecule has 0 saturated carbocycles. The lowest BCUT2D eigenvalue weighted by Gasteiger charge is -2.27. The van der Waals surface area contributed by atoms with E-state index in [2.05, 4.69) is 24.3 Å². The molecule has 1 heterocycles. The van der Waals surface area contributed by atoms with E-state index in [0.29, 0.717) is 17.6 Å². The van der Waals surface area contributed by atoms with E-state index >= 15 is 0 Å². The Labute approximate surface area is 136 Å². The quantitative estimate of drug-likeness (QED) is 0.811. The van der Waals surface area contributed by atoms with Gasteiger partial charge in [-0.1, -0.05) is 39.8 Å². The van der Waals surface area contributed by atoms with Crippen LogP contribution in [0.2, 0.25) is 0 Å². The van der Waals surface area contributed by atoms with E-state index < -0.39 is 15.9 Å². The first-order valence-corrected chi connectivity index (χ1v) is 8.93. The molecule has 0 fully saturated rings.